The SMILES string of the molecule is CCc1ccc(OC)c(CCc2cnc(N)[nH]2)c1. The molecule has 0 bridgehead atoms. The second-order valence-electron chi connectivity index (χ2n) is 4.29. The molecule has 0 fully saturated rings. The highest BCUT2D eigenvalue weighted by Crippen LogP contribution is 2.22. The predicted molar refractivity (Wildman–Crippen MR) is 72.8 cm³/mol. The van der Waals surface area contributed by atoms with Crippen molar-refractivity contribution in [3.63, 3.8) is 0 Å². The van der Waals surface area contributed by atoms with Gasteiger partial charge in [-0.25, -0.2) is 4.98 Å². The first-order valence-corrected chi connectivity index (χ1v) is 6.18. The molecule has 0 aliphatic heterocycles. The van der Waals surface area contributed by atoms with E-state index in [4.69, 9.17) is 10.5 Å². The van der Waals surface area contributed by atoms with E-state index in [9.17, 15) is 0 Å². The van der Waals surface area contributed by atoms with E-state index < -0.39 is 0 Å². The molecule has 1 aromatic carbocycles. The number of anilines is 1. The second-order valence-corrected chi connectivity index (χ2v) is 4.29. The minimum Gasteiger partial charge on any atom is -0.496 e. The highest BCUT2D eigenvalue weighted by molar-refractivity contribution is 5.38. The molecule has 2 rings (SSSR count). The Labute approximate surface area is 107 Å². The normalized spacial score (nSPS) is 10.6. The van der Waals surface area contributed by atoms with Crippen molar-refractivity contribution in [3.05, 3.63) is 41.2 Å². The van der Waals surface area contributed by atoms with Crippen molar-refractivity contribution >= 4 is 5.95 Å². The van der Waals surface area contributed by atoms with Gasteiger partial charge in [-0.1, -0.05) is 19.1 Å². The number of hydrogen-bond donors (Lipinski definition) is 2. The fourth-order valence-corrected chi connectivity index (χ4v) is 2.02. The number of ether oxygens (including phenoxy) is 1. The number of aromatic nitrogens is 2. The largest absolute Gasteiger partial charge is 0.496 e. The number of H-pyrrole nitrogens is 1. The highest BCUT2D eigenvalue weighted by Gasteiger charge is 2.05. The Hall–Kier alpha value is -1.97. The number of methoxy groups -OCH3 is 1. The van der Waals surface area contributed by atoms with Crippen molar-refractivity contribution in [1.29, 1.82) is 0 Å². The Kier molecular flexibility index (Phi) is 3.87. The standard InChI is InChI=1S/C14H19N3O/c1-3-10-4-7-13(18-2)11(8-10)5-6-12-9-16-14(15)17-12/h4,7-9H,3,5-6H2,1-2H3,(H3,15,16,17). The number of nitrogens with two attached hydrogens (primary N) is 1. The van der Waals surface area contributed by atoms with Crippen LogP contribution in [0.4, 0.5) is 5.95 Å². The van der Waals surface area contributed by atoms with Crippen LogP contribution in [0, 0.1) is 0 Å². The van der Waals surface area contributed by atoms with Gasteiger partial charge in [-0.05, 0) is 36.5 Å². The molecule has 1 heterocycles. The highest BCUT2D eigenvalue weighted by atomic mass is 16.5. The molecule has 0 spiro atoms. The molecule has 0 unspecified atom stereocenters. The van der Waals surface area contributed by atoms with E-state index in [-0.39, 0.29) is 0 Å². The van der Waals surface area contributed by atoms with Crippen LogP contribution in [0.15, 0.2) is 24.4 Å². The number of nitrogens with one attached hydrogen (secondary N) is 1. The number of nitrogens with zero attached hydrogens (tertiary/aromatic N) is 1. The average Bonchev–Trinajstić information content (AvgIpc) is 2.81. The first-order chi connectivity index (χ1) is 8.72. The van der Waals surface area contributed by atoms with E-state index >= 15 is 0 Å². The lowest BCUT2D eigenvalue weighted by Crippen LogP contribution is -1.97. The monoisotopic (exact) mass is 245 g/mol. The van der Waals surface area contributed by atoms with Gasteiger partial charge in [0, 0.05) is 5.69 Å². The molecule has 0 aliphatic rings. The van der Waals surface area contributed by atoms with Crippen molar-refractivity contribution in [2.24, 2.45) is 0 Å². The summed E-state index contributed by atoms with van der Waals surface area (Å²) in [6.45, 7) is 2.15. The molecular formula is C14H19N3O. The number of aryl methyl sites for hydroxylation is 3. The summed E-state index contributed by atoms with van der Waals surface area (Å²) >= 11 is 0. The minimum absolute atomic E-state index is 0.472. The van der Waals surface area contributed by atoms with Crippen molar-refractivity contribution in [2.45, 2.75) is 26.2 Å². The predicted octanol–water partition coefficient (Wildman–Crippen LogP) is 2.35. The summed E-state index contributed by atoms with van der Waals surface area (Å²) in [7, 11) is 1.71. The van der Waals surface area contributed by atoms with Crippen LogP contribution >= 0.6 is 0 Å². The van der Waals surface area contributed by atoms with E-state index in [1.165, 1.54) is 11.1 Å². The Morgan fingerprint density at radius 1 is 1.33 bits per heavy atom. The van der Waals surface area contributed by atoms with E-state index in [1.807, 2.05) is 6.07 Å². The van der Waals surface area contributed by atoms with Gasteiger partial charge in [0.1, 0.15) is 5.75 Å². The smallest absolute Gasteiger partial charge is 0.197 e. The topological polar surface area (TPSA) is 63.9 Å². The fourth-order valence-electron chi connectivity index (χ4n) is 2.02. The van der Waals surface area contributed by atoms with E-state index in [0.717, 1.165) is 30.7 Å². The van der Waals surface area contributed by atoms with E-state index in [1.54, 1.807) is 13.3 Å². The fraction of sp³-hybridized carbons (Fsp3) is 0.357. The number of benzene rings is 1. The third kappa shape index (κ3) is 2.83. The van der Waals surface area contributed by atoms with Crippen LogP contribution in [0.3, 0.4) is 0 Å². The number of hydrogen-bond acceptors (Lipinski definition) is 3. The van der Waals surface area contributed by atoms with Gasteiger partial charge >= 0.3 is 0 Å². The third-order valence-corrected chi connectivity index (χ3v) is 3.06. The average molecular weight is 245 g/mol. The third-order valence-electron chi connectivity index (χ3n) is 3.06. The quantitative estimate of drug-likeness (QED) is 0.849. The number of nitrogen functional groups attached to an aromatic ring is 1. The second kappa shape index (κ2) is 5.58. The minimum atomic E-state index is 0.472. The first kappa shape index (κ1) is 12.5. The lowest BCUT2D eigenvalue weighted by Gasteiger charge is -2.09. The Morgan fingerprint density at radius 2 is 2.17 bits per heavy atom. The zero-order valence-electron chi connectivity index (χ0n) is 10.9. The van der Waals surface area contributed by atoms with Crippen molar-refractivity contribution in [2.75, 3.05) is 12.8 Å². The molecule has 1 aromatic heterocycles. The summed E-state index contributed by atoms with van der Waals surface area (Å²) in [5.41, 5.74) is 9.17. The van der Waals surface area contributed by atoms with Crippen molar-refractivity contribution in [3.8, 4) is 5.75 Å². The van der Waals surface area contributed by atoms with Crippen LogP contribution in [-0.2, 0) is 19.3 Å². The number of aromatic amines is 1. The summed E-state index contributed by atoms with van der Waals surface area (Å²) in [6, 6.07) is 6.35. The first-order valence-electron chi connectivity index (χ1n) is 6.18. The van der Waals surface area contributed by atoms with Gasteiger partial charge in [0.15, 0.2) is 5.95 Å². The summed E-state index contributed by atoms with van der Waals surface area (Å²) < 4.78 is 5.39. The maximum atomic E-state index is 5.56. The molecule has 96 valence electrons. The van der Waals surface area contributed by atoms with Gasteiger partial charge in [-0.15, -0.1) is 0 Å². The molecule has 0 saturated heterocycles. The van der Waals surface area contributed by atoms with Crippen molar-refractivity contribution in [1.82, 2.24) is 9.97 Å². The van der Waals surface area contributed by atoms with Crippen LogP contribution in [0.2, 0.25) is 0 Å². The molecule has 0 atom stereocenters. The molecule has 0 aliphatic carbocycles. The molecular weight excluding hydrogens is 226 g/mol. The molecule has 0 radical (unpaired) electrons. The van der Waals surface area contributed by atoms with Gasteiger partial charge < -0.3 is 15.5 Å². The zero-order chi connectivity index (χ0) is 13.0. The lowest BCUT2D eigenvalue weighted by molar-refractivity contribution is 0.409. The molecule has 0 amide bonds. The van der Waals surface area contributed by atoms with Crippen LogP contribution in [-0.4, -0.2) is 17.1 Å². The van der Waals surface area contributed by atoms with Gasteiger partial charge in [-0.2, -0.15) is 0 Å². The van der Waals surface area contributed by atoms with Gasteiger partial charge in [0.2, 0.25) is 0 Å². The summed E-state index contributed by atoms with van der Waals surface area (Å²) in [5.74, 6) is 1.42. The summed E-state index contributed by atoms with van der Waals surface area (Å²) in [6.07, 6.45) is 4.62. The Morgan fingerprint density at radius 3 is 2.78 bits per heavy atom. The van der Waals surface area contributed by atoms with E-state index in [0.29, 0.717) is 5.95 Å². The van der Waals surface area contributed by atoms with Crippen LogP contribution in [0.25, 0.3) is 0 Å². The van der Waals surface area contributed by atoms with Crippen LogP contribution < -0.4 is 10.5 Å². The van der Waals surface area contributed by atoms with Crippen LogP contribution in [0.1, 0.15) is 23.7 Å². The van der Waals surface area contributed by atoms with Crippen LogP contribution in [0.5, 0.6) is 5.75 Å². The molecule has 4 nitrogen and oxygen atoms in total. The lowest BCUT2D eigenvalue weighted by atomic mass is 10.0. The van der Waals surface area contributed by atoms with E-state index in [2.05, 4.69) is 29.0 Å². The zero-order valence-corrected chi connectivity index (χ0v) is 10.9. The Balaban J connectivity index is 2.11. The van der Waals surface area contributed by atoms with Gasteiger partial charge in [0.05, 0.1) is 13.3 Å². The Bertz CT molecular complexity index is 520. The van der Waals surface area contributed by atoms with Crippen molar-refractivity contribution < 1.29 is 4.74 Å². The summed E-state index contributed by atoms with van der Waals surface area (Å²) in [4.78, 5) is 7.03. The maximum absolute atomic E-state index is 5.56. The molecule has 18 heavy (non-hydrogen) atoms. The maximum Gasteiger partial charge on any atom is 0.197 e. The van der Waals surface area contributed by atoms with Gasteiger partial charge in [0.25, 0.3) is 0 Å². The summed E-state index contributed by atoms with van der Waals surface area (Å²) in [5, 5.41) is 0. The van der Waals surface area contributed by atoms with Gasteiger partial charge in [-0.3, -0.25) is 0 Å². The molecule has 3 N–H and O–H groups in total. The molecule has 0 saturated carbocycles. The molecule has 2 aromatic rings. The molecule has 4 heteroatoms. The number of imidazole rings is 1. The number of rotatable bonds is 5.